The van der Waals surface area contributed by atoms with Crippen LogP contribution in [0.5, 0.6) is 0 Å². The number of aromatic nitrogens is 1. The minimum Gasteiger partial charge on any atom is -0.310 e. The molecule has 1 aromatic rings. The van der Waals surface area contributed by atoms with Crippen molar-refractivity contribution in [2.45, 2.75) is 32.6 Å². The average Bonchev–Trinajstić information content (AvgIpc) is 2.92. The Morgan fingerprint density at radius 2 is 1.86 bits per heavy atom. The van der Waals surface area contributed by atoms with E-state index >= 15 is 0 Å². The van der Waals surface area contributed by atoms with Gasteiger partial charge in [0.2, 0.25) is 5.91 Å². The average molecular weight is 466 g/mol. The molecule has 0 saturated carbocycles. The summed E-state index contributed by atoms with van der Waals surface area (Å²) >= 11 is 3.30. The minimum absolute atomic E-state index is 0.0780. The first-order valence-corrected chi connectivity index (χ1v) is 10.5. The van der Waals surface area contributed by atoms with E-state index in [0.717, 1.165) is 20.7 Å². The molecule has 2 aliphatic rings. The van der Waals surface area contributed by atoms with Crippen molar-refractivity contribution in [3.8, 4) is 0 Å². The van der Waals surface area contributed by atoms with Crippen molar-refractivity contribution < 1.29 is 19.2 Å². The fourth-order valence-electron chi connectivity index (χ4n) is 3.40. The number of nitrogens with one attached hydrogen (secondary N) is 1. The summed E-state index contributed by atoms with van der Waals surface area (Å²) in [5, 5.41) is 2.81. The molecule has 3 rings (SSSR count). The maximum absolute atomic E-state index is 12.4. The van der Waals surface area contributed by atoms with E-state index in [1.54, 1.807) is 18.3 Å². The molecule has 0 atom stereocenters. The molecule has 0 unspecified atom stereocenters. The molecule has 0 radical (unpaired) electrons. The third kappa shape index (κ3) is 4.99. The predicted molar refractivity (Wildman–Crippen MR) is 109 cm³/mol. The number of halogens is 1. The zero-order valence-corrected chi connectivity index (χ0v) is 17.9. The number of anilines is 1. The van der Waals surface area contributed by atoms with Crippen LogP contribution in [-0.2, 0) is 14.4 Å². The van der Waals surface area contributed by atoms with Gasteiger partial charge in [0.1, 0.15) is 5.82 Å². The number of hydrogen-bond acceptors (Lipinski definition) is 6. The Kier molecular flexibility index (Phi) is 6.96. The second-order valence-corrected chi connectivity index (χ2v) is 8.13. The Morgan fingerprint density at radius 1 is 1.17 bits per heavy atom. The van der Waals surface area contributed by atoms with Gasteiger partial charge >= 0.3 is 17.8 Å². The molecule has 9 nitrogen and oxygen atoms in total. The van der Waals surface area contributed by atoms with Crippen LogP contribution in [0.2, 0.25) is 0 Å². The van der Waals surface area contributed by atoms with Gasteiger partial charge in [0.15, 0.2) is 0 Å². The Balaban J connectivity index is 1.50. The van der Waals surface area contributed by atoms with Gasteiger partial charge < -0.3 is 5.32 Å². The van der Waals surface area contributed by atoms with E-state index in [0.29, 0.717) is 38.2 Å². The first kappa shape index (κ1) is 21.4. The van der Waals surface area contributed by atoms with Crippen LogP contribution >= 0.6 is 15.9 Å². The Labute approximate surface area is 177 Å². The van der Waals surface area contributed by atoms with Crippen molar-refractivity contribution in [1.82, 2.24) is 19.7 Å². The van der Waals surface area contributed by atoms with Crippen LogP contribution in [0.3, 0.4) is 0 Å². The van der Waals surface area contributed by atoms with Gasteiger partial charge in [0, 0.05) is 36.2 Å². The number of pyridine rings is 1. The number of carbonyl (C=O) groups excluding carboxylic acids is 4. The molecular weight excluding hydrogens is 442 g/mol. The monoisotopic (exact) mass is 465 g/mol. The number of unbranched alkanes of at least 4 members (excludes halogenated alkanes) is 1. The summed E-state index contributed by atoms with van der Waals surface area (Å²) in [7, 11) is 0. The quantitative estimate of drug-likeness (QED) is 0.488. The zero-order valence-electron chi connectivity index (χ0n) is 16.3. The van der Waals surface area contributed by atoms with E-state index in [-0.39, 0.29) is 25.0 Å². The van der Waals surface area contributed by atoms with Crippen LogP contribution in [0.25, 0.3) is 0 Å². The summed E-state index contributed by atoms with van der Waals surface area (Å²) < 4.78 is 0.835. The van der Waals surface area contributed by atoms with Crippen LogP contribution in [-0.4, -0.2) is 69.7 Å². The van der Waals surface area contributed by atoms with Gasteiger partial charge in [0.05, 0.1) is 6.67 Å². The van der Waals surface area contributed by atoms with Crippen molar-refractivity contribution >= 4 is 45.5 Å². The molecule has 1 aromatic heterocycles. The summed E-state index contributed by atoms with van der Waals surface area (Å²) in [5.41, 5.74) is 0. The fourth-order valence-corrected chi connectivity index (χ4v) is 3.64. The number of rotatable bonds is 7. The van der Waals surface area contributed by atoms with Gasteiger partial charge in [-0.15, -0.1) is 0 Å². The van der Waals surface area contributed by atoms with Crippen LogP contribution in [0.1, 0.15) is 32.6 Å². The molecule has 10 heteroatoms. The molecule has 0 aromatic carbocycles. The highest BCUT2D eigenvalue weighted by atomic mass is 79.9. The predicted octanol–water partition coefficient (Wildman–Crippen LogP) is 2.04. The summed E-state index contributed by atoms with van der Waals surface area (Å²) in [6.07, 6.45) is 4.33. The van der Waals surface area contributed by atoms with Gasteiger partial charge in [-0.1, -0.05) is 13.3 Å². The lowest BCUT2D eigenvalue weighted by molar-refractivity contribution is -0.144. The van der Waals surface area contributed by atoms with E-state index in [1.165, 1.54) is 0 Å². The van der Waals surface area contributed by atoms with Gasteiger partial charge in [0.25, 0.3) is 0 Å². The van der Waals surface area contributed by atoms with Crippen molar-refractivity contribution in [2.24, 2.45) is 5.92 Å². The van der Waals surface area contributed by atoms with E-state index in [9.17, 15) is 19.2 Å². The van der Waals surface area contributed by atoms with Crippen LogP contribution in [0.15, 0.2) is 22.8 Å². The second-order valence-electron chi connectivity index (χ2n) is 7.21. The molecule has 5 amide bonds. The number of piperidine rings is 1. The van der Waals surface area contributed by atoms with Gasteiger partial charge in [-0.2, -0.15) is 0 Å². The fraction of sp³-hybridized carbons (Fsp3) is 0.526. The van der Waals surface area contributed by atoms with Crippen molar-refractivity contribution in [2.75, 3.05) is 31.6 Å². The topological polar surface area (TPSA) is 103 Å². The highest BCUT2D eigenvalue weighted by Crippen LogP contribution is 2.21. The molecule has 0 aliphatic carbocycles. The maximum atomic E-state index is 12.4. The lowest BCUT2D eigenvalue weighted by Crippen LogP contribution is -2.46. The number of likely N-dealkylation sites (tertiary alicyclic amines) is 1. The molecule has 0 bridgehead atoms. The third-order valence-electron chi connectivity index (χ3n) is 5.15. The summed E-state index contributed by atoms with van der Waals surface area (Å²) in [4.78, 5) is 57.2. The van der Waals surface area contributed by atoms with Gasteiger partial charge in [-0.25, -0.2) is 14.7 Å². The molecule has 3 heterocycles. The number of nitrogens with zero attached hydrogens (tertiary/aromatic N) is 4. The molecule has 29 heavy (non-hydrogen) atoms. The largest absolute Gasteiger partial charge is 0.335 e. The number of carbonyl (C=O) groups is 4. The lowest BCUT2D eigenvalue weighted by Gasteiger charge is -2.32. The number of imide groups is 2. The number of amides is 5. The van der Waals surface area contributed by atoms with Crippen LogP contribution in [0, 0.1) is 5.92 Å². The Hall–Kier alpha value is -2.33. The zero-order chi connectivity index (χ0) is 21.0. The maximum Gasteiger partial charge on any atom is 0.335 e. The van der Waals surface area contributed by atoms with Crippen molar-refractivity contribution in [1.29, 1.82) is 0 Å². The summed E-state index contributed by atoms with van der Waals surface area (Å²) in [5.74, 6) is -1.27. The Bertz CT molecular complexity index is 792. The molecule has 156 valence electrons. The molecular formula is C19H24BrN5O4. The Morgan fingerprint density at radius 3 is 2.48 bits per heavy atom. The highest BCUT2D eigenvalue weighted by molar-refractivity contribution is 9.10. The first-order valence-electron chi connectivity index (χ1n) is 9.72. The first-order chi connectivity index (χ1) is 13.9. The third-order valence-corrected chi connectivity index (χ3v) is 5.62. The highest BCUT2D eigenvalue weighted by Gasteiger charge is 2.44. The summed E-state index contributed by atoms with van der Waals surface area (Å²) in [6, 6.07) is 2.98. The molecule has 2 fully saturated rings. The number of hydrogen-bond donors (Lipinski definition) is 1. The minimum atomic E-state index is -0.771. The molecule has 2 aliphatic heterocycles. The molecule has 1 N–H and O–H groups in total. The smallest absolute Gasteiger partial charge is 0.310 e. The normalized spacial score (nSPS) is 18.6. The molecule has 2 saturated heterocycles. The molecule has 0 spiro atoms. The van der Waals surface area contributed by atoms with Crippen LogP contribution in [0.4, 0.5) is 10.6 Å². The van der Waals surface area contributed by atoms with Crippen molar-refractivity contribution in [3.63, 3.8) is 0 Å². The second kappa shape index (κ2) is 9.45. The van der Waals surface area contributed by atoms with Gasteiger partial charge in [-0.3, -0.25) is 24.2 Å². The van der Waals surface area contributed by atoms with Gasteiger partial charge in [-0.05, 0) is 47.3 Å². The lowest BCUT2D eigenvalue weighted by atomic mass is 9.96. The van der Waals surface area contributed by atoms with E-state index < -0.39 is 17.8 Å². The number of urea groups is 1. The van der Waals surface area contributed by atoms with E-state index in [4.69, 9.17) is 0 Å². The SMILES string of the molecule is CCCCN1C(=O)C(=O)N(CN2CCC(C(=O)Nc3ccc(Br)cn3)CC2)C1=O. The van der Waals surface area contributed by atoms with Crippen LogP contribution < -0.4 is 5.32 Å². The van der Waals surface area contributed by atoms with E-state index in [2.05, 4.69) is 26.2 Å². The van der Waals surface area contributed by atoms with E-state index in [1.807, 2.05) is 11.8 Å². The summed E-state index contributed by atoms with van der Waals surface area (Å²) in [6.45, 7) is 3.42. The standard InChI is InChI=1S/C19H24BrN5O4/c1-2-3-8-24-17(27)18(28)25(19(24)29)12-23-9-6-13(7-10-23)16(26)22-15-5-4-14(20)11-21-15/h4-5,11,13H,2-3,6-10,12H2,1H3,(H,21,22,26). The van der Waals surface area contributed by atoms with Crippen molar-refractivity contribution in [3.05, 3.63) is 22.8 Å².